The zero-order chi connectivity index (χ0) is 6.85. The summed E-state index contributed by atoms with van der Waals surface area (Å²) in [4.78, 5) is 10.5. The van der Waals surface area contributed by atoms with Gasteiger partial charge in [0.25, 0.3) is 0 Å². The van der Waals surface area contributed by atoms with Gasteiger partial charge in [0.1, 0.15) is 0 Å². The molecule has 1 aromatic rings. The van der Waals surface area contributed by atoms with Crippen LogP contribution in [0.4, 0.5) is 0 Å². The molecule has 0 aliphatic carbocycles. The average Bonchev–Trinajstić information content (AvgIpc) is 2.14. The first-order chi connectivity index (χ1) is 4.20. The van der Waals surface area contributed by atoms with Crippen LogP contribution in [0.25, 0.3) is 0 Å². The van der Waals surface area contributed by atoms with Crippen molar-refractivity contribution in [2.45, 2.75) is 6.92 Å². The van der Waals surface area contributed by atoms with Gasteiger partial charge in [-0.1, -0.05) is 0 Å². The maximum Gasteiger partial charge on any atom is 0.194 e. The van der Waals surface area contributed by atoms with Crippen LogP contribution in [0, 0.1) is 0 Å². The number of halogens is 1. The van der Waals surface area contributed by atoms with E-state index in [1.165, 1.54) is 13.0 Å². The van der Waals surface area contributed by atoms with Gasteiger partial charge in [-0.05, 0) is 23.7 Å². The van der Waals surface area contributed by atoms with Gasteiger partial charge in [0, 0.05) is 6.92 Å². The first kappa shape index (κ1) is 6.36. The smallest absolute Gasteiger partial charge is 0.194 e. The molecule has 0 bridgehead atoms. The Morgan fingerprint density at radius 2 is 2.33 bits per heavy atom. The first-order valence-electron chi connectivity index (χ1n) is 2.46. The van der Waals surface area contributed by atoms with Crippen molar-refractivity contribution in [2.24, 2.45) is 0 Å². The molecule has 0 aromatic carbocycles. The number of hydrogen-bond acceptors (Lipinski definition) is 2. The summed E-state index contributed by atoms with van der Waals surface area (Å²) in [5.74, 6) is 0.196. The van der Waals surface area contributed by atoms with Crippen LogP contribution in [-0.2, 0) is 0 Å². The van der Waals surface area contributed by atoms with Crippen molar-refractivity contribution >= 4 is 17.4 Å². The van der Waals surface area contributed by atoms with Gasteiger partial charge in [-0.25, -0.2) is 0 Å². The Labute approximate surface area is 57.4 Å². The molecule has 0 unspecified atom stereocenters. The van der Waals surface area contributed by atoms with Crippen molar-refractivity contribution in [1.29, 1.82) is 0 Å². The van der Waals surface area contributed by atoms with E-state index in [0.29, 0.717) is 5.76 Å². The normalized spacial score (nSPS) is 9.56. The summed E-state index contributed by atoms with van der Waals surface area (Å²) < 4.78 is 4.76. The van der Waals surface area contributed by atoms with E-state index in [9.17, 15) is 4.79 Å². The Morgan fingerprint density at radius 3 is 2.56 bits per heavy atom. The van der Waals surface area contributed by atoms with Crippen LogP contribution in [0.5, 0.6) is 0 Å². The lowest BCUT2D eigenvalue weighted by Gasteiger charge is -1.81. The largest absolute Gasteiger partial charge is 0.442 e. The zero-order valence-corrected chi connectivity index (χ0v) is 5.61. The Morgan fingerprint density at radius 1 is 1.67 bits per heavy atom. The molecular weight excluding hydrogens is 140 g/mol. The Bertz CT molecular complexity index is 227. The highest BCUT2D eigenvalue weighted by Gasteiger charge is 2.02. The van der Waals surface area contributed by atoms with Crippen molar-refractivity contribution in [3.05, 3.63) is 23.1 Å². The predicted octanol–water partition coefficient (Wildman–Crippen LogP) is 2.14. The third kappa shape index (κ3) is 1.33. The number of carbonyl (C=O) groups excluding carboxylic acids is 1. The standard InChI is InChI=1S/C6H5ClO2/c1-4(8)5-2-3-6(7)9-5/h2-3H,1H3. The highest BCUT2D eigenvalue weighted by atomic mass is 35.5. The molecule has 0 aliphatic rings. The highest BCUT2D eigenvalue weighted by molar-refractivity contribution is 6.29. The van der Waals surface area contributed by atoms with Crippen molar-refractivity contribution in [3.63, 3.8) is 0 Å². The topological polar surface area (TPSA) is 30.2 Å². The van der Waals surface area contributed by atoms with Crippen molar-refractivity contribution in [1.82, 2.24) is 0 Å². The zero-order valence-electron chi connectivity index (χ0n) is 4.85. The molecule has 2 nitrogen and oxygen atoms in total. The molecular formula is C6H5ClO2. The number of rotatable bonds is 1. The lowest BCUT2D eigenvalue weighted by atomic mass is 10.3. The molecule has 9 heavy (non-hydrogen) atoms. The van der Waals surface area contributed by atoms with Crippen LogP contribution in [0.1, 0.15) is 17.5 Å². The molecule has 0 radical (unpaired) electrons. The van der Waals surface area contributed by atoms with Crippen LogP contribution >= 0.6 is 11.6 Å². The Hall–Kier alpha value is -0.760. The van der Waals surface area contributed by atoms with Gasteiger partial charge >= 0.3 is 0 Å². The minimum atomic E-state index is -0.109. The van der Waals surface area contributed by atoms with Crippen LogP contribution < -0.4 is 0 Å². The summed E-state index contributed by atoms with van der Waals surface area (Å²) >= 11 is 5.39. The fraction of sp³-hybridized carbons (Fsp3) is 0.167. The molecule has 0 saturated heterocycles. The lowest BCUT2D eigenvalue weighted by molar-refractivity contribution is 0.0987. The van der Waals surface area contributed by atoms with Crippen molar-refractivity contribution in [2.75, 3.05) is 0 Å². The van der Waals surface area contributed by atoms with Gasteiger partial charge < -0.3 is 4.42 Å². The van der Waals surface area contributed by atoms with Gasteiger partial charge in [-0.2, -0.15) is 0 Å². The van der Waals surface area contributed by atoms with Gasteiger partial charge in [0.05, 0.1) is 0 Å². The van der Waals surface area contributed by atoms with Gasteiger partial charge in [-0.3, -0.25) is 4.79 Å². The van der Waals surface area contributed by atoms with E-state index in [4.69, 9.17) is 16.0 Å². The summed E-state index contributed by atoms with van der Waals surface area (Å²) in [6, 6.07) is 3.09. The van der Waals surface area contributed by atoms with Gasteiger partial charge in [0.15, 0.2) is 16.8 Å². The molecule has 0 fully saturated rings. The predicted molar refractivity (Wildman–Crippen MR) is 33.7 cm³/mol. The SMILES string of the molecule is CC(=O)c1ccc(Cl)o1. The number of hydrogen-bond donors (Lipinski definition) is 0. The highest BCUT2D eigenvalue weighted by Crippen LogP contribution is 2.12. The monoisotopic (exact) mass is 144 g/mol. The molecule has 3 heteroatoms. The molecule has 0 N–H and O–H groups in total. The third-order valence-corrected chi connectivity index (χ3v) is 1.12. The minimum absolute atomic E-state index is 0.109. The first-order valence-corrected chi connectivity index (χ1v) is 2.84. The number of carbonyl (C=O) groups is 1. The Balaban J connectivity index is 2.98. The molecule has 1 heterocycles. The van der Waals surface area contributed by atoms with Crippen molar-refractivity contribution < 1.29 is 9.21 Å². The molecule has 48 valence electrons. The van der Waals surface area contributed by atoms with E-state index >= 15 is 0 Å². The van der Waals surface area contributed by atoms with E-state index < -0.39 is 0 Å². The van der Waals surface area contributed by atoms with Crippen LogP contribution in [0.2, 0.25) is 5.22 Å². The molecule has 1 rings (SSSR count). The third-order valence-electron chi connectivity index (χ3n) is 0.920. The lowest BCUT2D eigenvalue weighted by Crippen LogP contribution is -1.85. The second-order valence-corrected chi connectivity index (χ2v) is 2.03. The molecule has 0 atom stereocenters. The number of ketones is 1. The van der Waals surface area contributed by atoms with E-state index in [1.54, 1.807) is 6.07 Å². The summed E-state index contributed by atoms with van der Waals surface area (Å²) in [7, 11) is 0. The fourth-order valence-corrected chi connectivity index (χ4v) is 0.650. The number of Topliss-reactive ketones (excluding diaryl/α,β-unsaturated/α-hetero) is 1. The van der Waals surface area contributed by atoms with E-state index in [-0.39, 0.29) is 11.0 Å². The van der Waals surface area contributed by atoms with Gasteiger partial charge in [0.2, 0.25) is 0 Å². The van der Waals surface area contributed by atoms with Gasteiger partial charge in [-0.15, -0.1) is 0 Å². The van der Waals surface area contributed by atoms with Crippen LogP contribution in [-0.4, -0.2) is 5.78 Å². The maximum atomic E-state index is 10.5. The second-order valence-electron chi connectivity index (χ2n) is 1.66. The van der Waals surface area contributed by atoms with Crippen LogP contribution in [0.15, 0.2) is 16.5 Å². The molecule has 0 amide bonds. The number of furan rings is 1. The molecule has 0 saturated carbocycles. The van der Waals surface area contributed by atoms with E-state index in [2.05, 4.69) is 0 Å². The average molecular weight is 145 g/mol. The second kappa shape index (κ2) is 2.23. The van der Waals surface area contributed by atoms with Crippen molar-refractivity contribution in [3.8, 4) is 0 Å². The van der Waals surface area contributed by atoms with E-state index in [1.807, 2.05) is 0 Å². The fourth-order valence-electron chi connectivity index (χ4n) is 0.504. The minimum Gasteiger partial charge on any atom is -0.442 e. The summed E-state index contributed by atoms with van der Waals surface area (Å²) in [6.07, 6.45) is 0. The Kier molecular flexibility index (Phi) is 1.58. The van der Waals surface area contributed by atoms with Crippen LogP contribution in [0.3, 0.4) is 0 Å². The quantitative estimate of drug-likeness (QED) is 0.566. The molecule has 0 aliphatic heterocycles. The van der Waals surface area contributed by atoms with E-state index in [0.717, 1.165) is 0 Å². The summed E-state index contributed by atoms with van der Waals surface area (Å²) in [6.45, 7) is 1.43. The summed E-state index contributed by atoms with van der Waals surface area (Å²) in [5, 5.41) is 0.250. The molecule has 0 spiro atoms. The maximum absolute atomic E-state index is 10.5. The molecule has 1 aromatic heterocycles. The summed E-state index contributed by atoms with van der Waals surface area (Å²) in [5.41, 5.74) is 0.